The molecular formula is C21H40N4O2. The Bertz CT molecular complexity index is 454. The highest BCUT2D eigenvalue weighted by molar-refractivity contribution is 5.82. The number of carboxylic acid groups (broad SMARTS) is 1. The number of carbonyl (C=O) groups excluding carboxylic acids is 1. The molecule has 0 radical (unpaired) electrons. The van der Waals surface area contributed by atoms with Gasteiger partial charge in [-0.2, -0.15) is 0 Å². The van der Waals surface area contributed by atoms with Gasteiger partial charge in [-0.1, -0.05) is 53.4 Å². The van der Waals surface area contributed by atoms with Crippen molar-refractivity contribution in [3.63, 3.8) is 0 Å². The summed E-state index contributed by atoms with van der Waals surface area (Å²) in [5.74, 6) is -0.926. The van der Waals surface area contributed by atoms with Crippen molar-refractivity contribution < 1.29 is 14.4 Å². The maximum atomic E-state index is 10.1. The van der Waals surface area contributed by atoms with Gasteiger partial charge in [-0.05, 0) is 32.6 Å². The van der Waals surface area contributed by atoms with E-state index in [0.717, 1.165) is 6.20 Å². The lowest BCUT2D eigenvalue weighted by Crippen LogP contribution is -2.50. The first-order valence-electron chi connectivity index (χ1n) is 10.7. The first-order valence-corrected chi connectivity index (χ1v) is 10.7. The van der Waals surface area contributed by atoms with Crippen molar-refractivity contribution in [1.29, 1.82) is 0 Å². The summed E-state index contributed by atoms with van der Waals surface area (Å²) >= 11 is 0. The normalized spacial score (nSPS) is 11.0. The van der Waals surface area contributed by atoms with Crippen LogP contribution >= 0.6 is 0 Å². The fourth-order valence-electron chi connectivity index (χ4n) is 3.07. The lowest BCUT2D eigenvalue weighted by Gasteiger charge is -2.39. The molecule has 6 heteroatoms. The summed E-state index contributed by atoms with van der Waals surface area (Å²) in [7, 11) is 0. The van der Waals surface area contributed by atoms with E-state index in [1.165, 1.54) is 82.0 Å². The Morgan fingerprint density at radius 3 is 1.52 bits per heavy atom. The molecule has 0 spiro atoms. The molecule has 1 heterocycles. The first-order chi connectivity index (χ1) is 12.9. The molecule has 1 rings (SSSR count). The third-order valence-corrected chi connectivity index (χ3v) is 4.83. The molecule has 0 bridgehead atoms. The number of carbonyl (C=O) groups is 1. The van der Waals surface area contributed by atoms with E-state index >= 15 is 0 Å². The second kappa shape index (κ2) is 15.5. The Kier molecular flexibility index (Phi) is 14.6. The van der Waals surface area contributed by atoms with Crippen LogP contribution in [0.3, 0.4) is 0 Å². The highest BCUT2D eigenvalue weighted by Gasteiger charge is 2.24. The van der Waals surface area contributed by atoms with E-state index in [9.17, 15) is 9.90 Å². The molecule has 0 aromatic carbocycles. The van der Waals surface area contributed by atoms with Crippen molar-refractivity contribution in [2.24, 2.45) is 0 Å². The first kappa shape index (κ1) is 25.4. The Labute approximate surface area is 166 Å². The van der Waals surface area contributed by atoms with E-state index in [1.807, 2.05) is 0 Å². The molecular weight excluding hydrogens is 340 g/mol. The average molecular weight is 381 g/mol. The molecule has 0 N–H and O–H groups in total. The molecule has 0 saturated carbocycles. The molecule has 0 aliphatic carbocycles. The van der Waals surface area contributed by atoms with Crippen molar-refractivity contribution in [2.45, 2.75) is 86.0 Å². The fourth-order valence-corrected chi connectivity index (χ4v) is 3.07. The average Bonchev–Trinajstić information content (AvgIpc) is 2.68. The van der Waals surface area contributed by atoms with E-state index in [1.54, 1.807) is 6.92 Å². The number of quaternary nitrogens is 1. The SMILES string of the molecule is CCCC[N+](CCCC)(CCCC)CCCC.Cc1ncc(C(=O)[O-])nn1. The second-order valence-electron chi connectivity index (χ2n) is 7.33. The van der Waals surface area contributed by atoms with Crippen LogP contribution in [0.4, 0.5) is 0 Å². The predicted molar refractivity (Wildman–Crippen MR) is 108 cm³/mol. The third kappa shape index (κ3) is 11.7. The van der Waals surface area contributed by atoms with Gasteiger partial charge in [0.25, 0.3) is 0 Å². The van der Waals surface area contributed by atoms with Gasteiger partial charge in [0, 0.05) is 0 Å². The number of nitrogens with zero attached hydrogens (tertiary/aromatic N) is 4. The number of rotatable bonds is 13. The summed E-state index contributed by atoms with van der Waals surface area (Å²) in [5.41, 5.74) is -0.245. The quantitative estimate of drug-likeness (QED) is 0.489. The summed E-state index contributed by atoms with van der Waals surface area (Å²) < 4.78 is 1.42. The van der Waals surface area contributed by atoms with E-state index in [2.05, 4.69) is 42.9 Å². The molecule has 0 aliphatic rings. The van der Waals surface area contributed by atoms with Gasteiger partial charge in [0.05, 0.1) is 38.3 Å². The molecule has 0 aliphatic heterocycles. The van der Waals surface area contributed by atoms with Gasteiger partial charge in [0.2, 0.25) is 0 Å². The minimum absolute atomic E-state index is 0.245. The van der Waals surface area contributed by atoms with E-state index in [0.29, 0.717) is 5.82 Å². The second-order valence-corrected chi connectivity index (χ2v) is 7.33. The maximum absolute atomic E-state index is 10.1. The summed E-state index contributed by atoms with van der Waals surface area (Å²) in [6, 6.07) is 0. The molecule has 27 heavy (non-hydrogen) atoms. The lowest BCUT2D eigenvalue weighted by atomic mass is 10.1. The van der Waals surface area contributed by atoms with Crippen LogP contribution in [-0.2, 0) is 0 Å². The van der Waals surface area contributed by atoms with Crippen LogP contribution < -0.4 is 5.11 Å². The molecule has 156 valence electrons. The lowest BCUT2D eigenvalue weighted by molar-refractivity contribution is -0.929. The van der Waals surface area contributed by atoms with Crippen LogP contribution in [0.2, 0.25) is 0 Å². The molecule has 0 amide bonds. The van der Waals surface area contributed by atoms with Gasteiger partial charge in [-0.25, -0.2) is 4.98 Å². The summed E-state index contributed by atoms with van der Waals surface area (Å²) in [6.45, 7) is 16.6. The summed E-state index contributed by atoms with van der Waals surface area (Å²) in [6.07, 6.45) is 12.2. The Balaban J connectivity index is 0.000000569. The van der Waals surface area contributed by atoms with Crippen LogP contribution in [-0.4, -0.2) is 51.8 Å². The molecule has 0 unspecified atom stereocenters. The van der Waals surface area contributed by atoms with Crippen LogP contribution in [0.5, 0.6) is 0 Å². The molecule has 0 saturated heterocycles. The number of aryl methyl sites for hydroxylation is 1. The Hall–Kier alpha value is -1.56. The standard InChI is InChI=1S/C16H36N.C5H5N3O2/c1-5-9-13-17(14-10-6-2,15-11-7-3)16-12-8-4;1-3-6-2-4(5(9)10)8-7-3/h5-16H2,1-4H3;2H,1H3,(H,9,10)/q+1;/p-1. The molecule has 1 aromatic rings. The van der Waals surface area contributed by atoms with Crippen LogP contribution in [0.1, 0.15) is 95.4 Å². The number of unbranched alkanes of at least 4 members (excludes halogenated alkanes) is 4. The largest absolute Gasteiger partial charge is 0.543 e. The maximum Gasteiger partial charge on any atom is 0.147 e. The minimum Gasteiger partial charge on any atom is -0.543 e. The van der Waals surface area contributed by atoms with Gasteiger partial charge >= 0.3 is 0 Å². The van der Waals surface area contributed by atoms with Crippen molar-refractivity contribution in [2.75, 3.05) is 26.2 Å². The van der Waals surface area contributed by atoms with Crippen molar-refractivity contribution >= 4 is 5.97 Å². The zero-order valence-corrected chi connectivity index (χ0v) is 18.2. The van der Waals surface area contributed by atoms with Crippen LogP contribution in [0, 0.1) is 6.92 Å². The van der Waals surface area contributed by atoms with Gasteiger partial charge < -0.3 is 14.4 Å². The highest BCUT2D eigenvalue weighted by atomic mass is 16.4. The van der Waals surface area contributed by atoms with Crippen molar-refractivity contribution in [1.82, 2.24) is 15.2 Å². The number of aromatic carboxylic acids is 1. The van der Waals surface area contributed by atoms with Crippen molar-refractivity contribution in [3.8, 4) is 0 Å². The zero-order valence-electron chi connectivity index (χ0n) is 18.2. The molecule has 1 aromatic heterocycles. The van der Waals surface area contributed by atoms with E-state index in [4.69, 9.17) is 0 Å². The van der Waals surface area contributed by atoms with Gasteiger partial charge in [-0.15, -0.1) is 10.2 Å². The van der Waals surface area contributed by atoms with Crippen LogP contribution in [0.15, 0.2) is 6.20 Å². The number of hydrogen-bond acceptors (Lipinski definition) is 5. The topological polar surface area (TPSA) is 78.8 Å². The number of aromatic nitrogens is 3. The molecule has 6 nitrogen and oxygen atoms in total. The third-order valence-electron chi connectivity index (χ3n) is 4.83. The summed E-state index contributed by atoms with van der Waals surface area (Å²) in [4.78, 5) is 13.7. The molecule has 0 fully saturated rings. The van der Waals surface area contributed by atoms with E-state index < -0.39 is 5.97 Å². The predicted octanol–water partition coefficient (Wildman–Crippen LogP) is 3.55. The zero-order chi connectivity index (χ0) is 20.5. The Morgan fingerprint density at radius 1 is 0.852 bits per heavy atom. The minimum atomic E-state index is -1.36. The summed E-state index contributed by atoms with van der Waals surface area (Å²) in [5, 5.41) is 16.8. The monoisotopic (exact) mass is 380 g/mol. The molecule has 0 atom stereocenters. The van der Waals surface area contributed by atoms with E-state index in [-0.39, 0.29) is 5.69 Å². The smallest absolute Gasteiger partial charge is 0.147 e. The van der Waals surface area contributed by atoms with Gasteiger partial charge in [0.1, 0.15) is 11.5 Å². The van der Waals surface area contributed by atoms with Crippen LogP contribution in [0.25, 0.3) is 0 Å². The highest BCUT2D eigenvalue weighted by Crippen LogP contribution is 2.16. The number of hydrogen-bond donors (Lipinski definition) is 0. The van der Waals surface area contributed by atoms with Gasteiger partial charge in [-0.3, -0.25) is 0 Å². The van der Waals surface area contributed by atoms with Crippen molar-refractivity contribution in [3.05, 3.63) is 17.7 Å². The number of carboxylic acids is 1. The van der Waals surface area contributed by atoms with Gasteiger partial charge in [0.15, 0.2) is 0 Å². The Morgan fingerprint density at radius 2 is 1.26 bits per heavy atom. The fraction of sp³-hybridized carbons (Fsp3) is 0.810.